The number of thioether (sulfide) groups is 1. The Morgan fingerprint density at radius 2 is 1.79 bits per heavy atom. The molecule has 0 spiro atoms. The Bertz CT molecular complexity index is 1080. The lowest BCUT2D eigenvalue weighted by Gasteiger charge is -2.07. The fourth-order valence-corrected chi connectivity index (χ4v) is 3.44. The van der Waals surface area contributed by atoms with E-state index >= 15 is 0 Å². The highest BCUT2D eigenvalue weighted by Gasteiger charge is 2.20. The first kappa shape index (κ1) is 18.2. The summed E-state index contributed by atoms with van der Waals surface area (Å²) in [6.07, 6.45) is 0.254. The molecule has 2 heterocycles. The van der Waals surface area contributed by atoms with Crippen LogP contribution in [-0.2, 0) is 6.42 Å². The predicted octanol–water partition coefficient (Wildman–Crippen LogP) is 3.63. The first-order valence-electron chi connectivity index (χ1n) is 8.60. The van der Waals surface area contributed by atoms with Crippen molar-refractivity contribution in [3.05, 3.63) is 77.7 Å². The van der Waals surface area contributed by atoms with Crippen molar-refractivity contribution in [2.24, 2.45) is 0 Å². The fraction of sp³-hybridized carbons (Fsp3) is 0.158. The minimum Gasteiger partial charge on any atom is -0.419 e. The van der Waals surface area contributed by atoms with Gasteiger partial charge in [-0.1, -0.05) is 48.2 Å². The standard InChI is InChI=1S/C19H17FN6OS/c1-12(17-23-24-18(27-17)13-7-3-2-4-8-13)28-19-25-22-16(26(19)21)11-14-9-5-6-10-15(14)20/h2-10,12H,11,21H2,1H3/t12-/m1/s1. The third-order valence-corrected chi connectivity index (χ3v) is 5.18. The molecule has 0 bridgehead atoms. The zero-order chi connectivity index (χ0) is 19.5. The first-order valence-corrected chi connectivity index (χ1v) is 9.48. The van der Waals surface area contributed by atoms with E-state index < -0.39 is 0 Å². The van der Waals surface area contributed by atoms with Crippen LogP contribution < -0.4 is 5.84 Å². The van der Waals surface area contributed by atoms with Gasteiger partial charge in [0.1, 0.15) is 5.82 Å². The highest BCUT2D eigenvalue weighted by molar-refractivity contribution is 7.99. The maximum absolute atomic E-state index is 13.9. The number of rotatable bonds is 6. The van der Waals surface area contributed by atoms with Crippen LogP contribution in [0.15, 0.2) is 64.2 Å². The Kier molecular flexibility index (Phi) is 5.07. The van der Waals surface area contributed by atoms with Crippen LogP contribution in [-0.4, -0.2) is 25.1 Å². The molecule has 0 radical (unpaired) electrons. The van der Waals surface area contributed by atoms with E-state index in [1.807, 2.05) is 37.3 Å². The minimum atomic E-state index is -0.299. The summed E-state index contributed by atoms with van der Waals surface area (Å²) in [5.74, 6) is 7.19. The van der Waals surface area contributed by atoms with E-state index in [2.05, 4.69) is 20.4 Å². The molecule has 0 aliphatic carbocycles. The number of benzene rings is 2. The van der Waals surface area contributed by atoms with Crippen LogP contribution in [0.1, 0.15) is 29.5 Å². The summed E-state index contributed by atoms with van der Waals surface area (Å²) in [4.78, 5) is 0. The van der Waals surface area contributed by atoms with E-state index in [-0.39, 0.29) is 17.5 Å². The number of nitrogens with zero attached hydrogens (tertiary/aromatic N) is 5. The summed E-state index contributed by atoms with van der Waals surface area (Å²) in [6.45, 7) is 1.91. The maximum Gasteiger partial charge on any atom is 0.247 e. The molecule has 0 unspecified atom stereocenters. The quantitative estimate of drug-likeness (QED) is 0.393. The van der Waals surface area contributed by atoms with Crippen LogP contribution >= 0.6 is 11.8 Å². The second-order valence-corrected chi connectivity index (χ2v) is 7.42. The van der Waals surface area contributed by atoms with Crippen LogP contribution in [0.2, 0.25) is 0 Å². The fourth-order valence-electron chi connectivity index (χ4n) is 2.63. The zero-order valence-electron chi connectivity index (χ0n) is 15.0. The average Bonchev–Trinajstić information content (AvgIpc) is 3.33. The molecule has 0 aliphatic rings. The van der Waals surface area contributed by atoms with Crippen molar-refractivity contribution in [3.63, 3.8) is 0 Å². The maximum atomic E-state index is 13.9. The van der Waals surface area contributed by atoms with Crippen LogP contribution in [0.3, 0.4) is 0 Å². The molecule has 0 saturated heterocycles. The number of hydrogen-bond donors (Lipinski definition) is 1. The summed E-state index contributed by atoms with van der Waals surface area (Å²) in [5.41, 5.74) is 1.36. The molecule has 1 atom stereocenters. The van der Waals surface area contributed by atoms with E-state index in [0.29, 0.717) is 28.3 Å². The molecular formula is C19H17FN6OS. The Hall–Kier alpha value is -3.20. The van der Waals surface area contributed by atoms with E-state index in [4.69, 9.17) is 10.3 Å². The van der Waals surface area contributed by atoms with Crippen molar-refractivity contribution in [2.45, 2.75) is 23.8 Å². The van der Waals surface area contributed by atoms with Crippen molar-refractivity contribution >= 4 is 11.8 Å². The Morgan fingerprint density at radius 1 is 1.04 bits per heavy atom. The lowest BCUT2D eigenvalue weighted by atomic mass is 10.1. The Morgan fingerprint density at radius 3 is 2.57 bits per heavy atom. The highest BCUT2D eigenvalue weighted by atomic mass is 32.2. The summed E-state index contributed by atoms with van der Waals surface area (Å²) in [7, 11) is 0. The Labute approximate surface area is 164 Å². The van der Waals surface area contributed by atoms with Gasteiger partial charge < -0.3 is 10.3 Å². The Balaban J connectivity index is 1.48. The summed E-state index contributed by atoms with van der Waals surface area (Å²) in [5, 5.41) is 16.7. The topological polar surface area (TPSA) is 95.7 Å². The molecule has 2 aromatic heterocycles. The number of aromatic nitrogens is 5. The normalized spacial score (nSPS) is 12.2. The van der Waals surface area contributed by atoms with Crippen LogP contribution in [0.25, 0.3) is 11.5 Å². The lowest BCUT2D eigenvalue weighted by Crippen LogP contribution is -2.15. The van der Waals surface area contributed by atoms with Gasteiger partial charge in [-0.15, -0.1) is 20.4 Å². The number of halogens is 1. The van der Waals surface area contributed by atoms with Crippen LogP contribution in [0.5, 0.6) is 0 Å². The van der Waals surface area contributed by atoms with Crippen molar-refractivity contribution in [1.82, 2.24) is 25.1 Å². The molecule has 2 aromatic carbocycles. The SMILES string of the molecule is C[C@@H](Sc1nnc(Cc2ccccc2F)n1N)c1nnc(-c2ccccc2)o1. The highest BCUT2D eigenvalue weighted by Crippen LogP contribution is 2.34. The number of nitrogens with two attached hydrogens (primary N) is 1. The second kappa shape index (κ2) is 7.81. The van der Waals surface area contributed by atoms with Gasteiger partial charge in [-0.05, 0) is 30.7 Å². The summed E-state index contributed by atoms with van der Waals surface area (Å²) >= 11 is 1.34. The third-order valence-electron chi connectivity index (χ3n) is 4.13. The van der Waals surface area contributed by atoms with E-state index in [9.17, 15) is 4.39 Å². The van der Waals surface area contributed by atoms with Gasteiger partial charge in [-0.3, -0.25) is 0 Å². The molecule has 28 heavy (non-hydrogen) atoms. The molecule has 4 rings (SSSR count). The van der Waals surface area contributed by atoms with Gasteiger partial charge in [0.15, 0.2) is 5.82 Å². The molecule has 0 fully saturated rings. The monoisotopic (exact) mass is 396 g/mol. The largest absolute Gasteiger partial charge is 0.419 e. The first-order chi connectivity index (χ1) is 13.6. The third kappa shape index (κ3) is 3.74. The van der Waals surface area contributed by atoms with E-state index in [1.165, 1.54) is 22.5 Å². The van der Waals surface area contributed by atoms with Gasteiger partial charge in [-0.25, -0.2) is 9.07 Å². The smallest absolute Gasteiger partial charge is 0.247 e. The summed E-state index contributed by atoms with van der Waals surface area (Å²) < 4.78 is 21.0. The van der Waals surface area contributed by atoms with Gasteiger partial charge in [0.2, 0.25) is 16.9 Å². The van der Waals surface area contributed by atoms with Crippen molar-refractivity contribution in [2.75, 3.05) is 5.84 Å². The van der Waals surface area contributed by atoms with Crippen LogP contribution in [0, 0.1) is 5.82 Å². The lowest BCUT2D eigenvalue weighted by molar-refractivity contribution is 0.508. The predicted molar refractivity (Wildman–Crippen MR) is 103 cm³/mol. The molecule has 7 nitrogen and oxygen atoms in total. The molecular weight excluding hydrogens is 379 g/mol. The minimum absolute atomic E-state index is 0.183. The number of nitrogen functional groups attached to an aromatic ring is 1. The van der Waals surface area contributed by atoms with Gasteiger partial charge in [-0.2, -0.15) is 0 Å². The molecule has 2 N–H and O–H groups in total. The van der Waals surface area contributed by atoms with E-state index in [0.717, 1.165) is 5.56 Å². The average molecular weight is 396 g/mol. The van der Waals surface area contributed by atoms with E-state index in [1.54, 1.807) is 18.2 Å². The van der Waals surface area contributed by atoms with Crippen molar-refractivity contribution in [1.29, 1.82) is 0 Å². The van der Waals surface area contributed by atoms with Crippen LogP contribution in [0.4, 0.5) is 4.39 Å². The molecule has 0 aliphatic heterocycles. The van der Waals surface area contributed by atoms with Gasteiger partial charge in [0.25, 0.3) is 0 Å². The van der Waals surface area contributed by atoms with Crippen molar-refractivity contribution in [3.8, 4) is 11.5 Å². The van der Waals surface area contributed by atoms with Gasteiger partial charge in [0.05, 0.1) is 5.25 Å². The molecule has 9 heteroatoms. The summed E-state index contributed by atoms with van der Waals surface area (Å²) in [6, 6.07) is 16.1. The van der Waals surface area contributed by atoms with Crippen molar-refractivity contribution < 1.29 is 8.81 Å². The van der Waals surface area contributed by atoms with Gasteiger partial charge in [0, 0.05) is 12.0 Å². The number of hydrogen-bond acceptors (Lipinski definition) is 7. The molecule has 142 valence electrons. The van der Waals surface area contributed by atoms with Gasteiger partial charge >= 0.3 is 0 Å². The molecule has 0 amide bonds. The molecule has 0 saturated carbocycles. The second-order valence-electron chi connectivity index (χ2n) is 6.11. The molecule has 4 aromatic rings. The zero-order valence-corrected chi connectivity index (χ0v) is 15.8.